The predicted molar refractivity (Wildman–Crippen MR) is 32.8 cm³/mol. The highest BCUT2D eigenvalue weighted by Gasteiger charge is 2.02. The molecule has 1 rings (SSSR count). The summed E-state index contributed by atoms with van der Waals surface area (Å²) in [6.07, 6.45) is 1.16. The number of hydrogen-bond donors (Lipinski definition) is 3. The summed E-state index contributed by atoms with van der Waals surface area (Å²) in [5, 5.41) is 13.5. The van der Waals surface area contributed by atoms with Crippen LogP contribution in [0.2, 0.25) is 0 Å². The van der Waals surface area contributed by atoms with E-state index in [1.807, 2.05) is 0 Å². The van der Waals surface area contributed by atoms with E-state index in [0.717, 1.165) is 10.9 Å². The minimum atomic E-state index is -0.673. The summed E-state index contributed by atoms with van der Waals surface area (Å²) in [5.41, 5.74) is 0.898. The standard InChI is InChI=1S/C4H6N4O3/c9-3(7-11)1-8-2-5-6-4(8)10/h2,11H,1H2,(H,6,10)(H,7,9). The summed E-state index contributed by atoms with van der Waals surface area (Å²) < 4.78 is 1.02. The lowest BCUT2D eigenvalue weighted by atomic mass is 10.6. The summed E-state index contributed by atoms with van der Waals surface area (Å²) in [4.78, 5) is 21.1. The van der Waals surface area contributed by atoms with Crippen molar-refractivity contribution in [2.75, 3.05) is 0 Å². The number of rotatable bonds is 2. The van der Waals surface area contributed by atoms with Gasteiger partial charge in [0.15, 0.2) is 0 Å². The number of nitrogens with zero attached hydrogens (tertiary/aromatic N) is 2. The van der Waals surface area contributed by atoms with Gasteiger partial charge in [-0.25, -0.2) is 15.4 Å². The summed E-state index contributed by atoms with van der Waals surface area (Å²) >= 11 is 0. The van der Waals surface area contributed by atoms with Crippen LogP contribution in [0.5, 0.6) is 0 Å². The second kappa shape index (κ2) is 2.97. The molecule has 0 aliphatic rings. The zero-order valence-corrected chi connectivity index (χ0v) is 5.44. The molecule has 0 aromatic carbocycles. The molecule has 0 saturated heterocycles. The Balaban J connectivity index is 2.72. The topological polar surface area (TPSA) is 100 Å². The Bertz CT molecular complexity index is 300. The van der Waals surface area contributed by atoms with Gasteiger partial charge in [0.2, 0.25) is 0 Å². The second-order valence-electron chi connectivity index (χ2n) is 1.82. The van der Waals surface area contributed by atoms with E-state index in [4.69, 9.17) is 5.21 Å². The van der Waals surface area contributed by atoms with Gasteiger partial charge in [-0.15, -0.1) is 0 Å². The van der Waals surface area contributed by atoms with E-state index in [0.29, 0.717) is 0 Å². The maximum Gasteiger partial charge on any atom is 0.343 e. The van der Waals surface area contributed by atoms with Crippen LogP contribution in [0.15, 0.2) is 11.1 Å². The molecule has 0 atom stereocenters. The number of H-pyrrole nitrogens is 1. The van der Waals surface area contributed by atoms with Gasteiger partial charge in [-0.3, -0.25) is 14.6 Å². The van der Waals surface area contributed by atoms with Crippen molar-refractivity contribution < 1.29 is 10.0 Å². The van der Waals surface area contributed by atoms with E-state index in [9.17, 15) is 9.59 Å². The SMILES string of the molecule is O=C(Cn1cn[nH]c1=O)NO. The normalized spacial score (nSPS) is 9.55. The van der Waals surface area contributed by atoms with E-state index in [-0.39, 0.29) is 6.54 Å². The molecule has 0 aliphatic carbocycles. The van der Waals surface area contributed by atoms with Crippen molar-refractivity contribution in [2.45, 2.75) is 6.54 Å². The number of amides is 1. The Kier molecular flexibility index (Phi) is 2.02. The molecule has 60 valence electrons. The predicted octanol–water partition coefficient (Wildman–Crippen LogP) is -1.92. The van der Waals surface area contributed by atoms with Gasteiger partial charge in [-0.05, 0) is 0 Å². The molecule has 0 spiro atoms. The Morgan fingerprint density at radius 2 is 2.64 bits per heavy atom. The first kappa shape index (κ1) is 7.48. The first-order valence-electron chi connectivity index (χ1n) is 2.77. The van der Waals surface area contributed by atoms with Gasteiger partial charge < -0.3 is 0 Å². The second-order valence-corrected chi connectivity index (χ2v) is 1.82. The van der Waals surface area contributed by atoms with Crippen LogP contribution in [0.3, 0.4) is 0 Å². The summed E-state index contributed by atoms with van der Waals surface area (Å²) in [5.74, 6) is -0.673. The highest BCUT2D eigenvalue weighted by Crippen LogP contribution is 1.74. The van der Waals surface area contributed by atoms with Crippen LogP contribution in [-0.2, 0) is 11.3 Å². The van der Waals surface area contributed by atoms with Crippen LogP contribution in [0.25, 0.3) is 0 Å². The quantitative estimate of drug-likeness (QED) is 0.345. The van der Waals surface area contributed by atoms with Gasteiger partial charge in [0.25, 0.3) is 5.91 Å². The number of aromatic amines is 1. The molecule has 3 N–H and O–H groups in total. The molecule has 7 nitrogen and oxygen atoms in total. The van der Waals surface area contributed by atoms with Crippen LogP contribution in [0.1, 0.15) is 0 Å². The fourth-order valence-electron chi connectivity index (χ4n) is 0.573. The maximum absolute atomic E-state index is 10.7. The number of hydrogen-bond acceptors (Lipinski definition) is 4. The Morgan fingerprint density at radius 3 is 3.09 bits per heavy atom. The van der Waals surface area contributed by atoms with Crippen LogP contribution < -0.4 is 11.2 Å². The van der Waals surface area contributed by atoms with Gasteiger partial charge in [0.05, 0.1) is 0 Å². The van der Waals surface area contributed by atoms with Gasteiger partial charge in [-0.1, -0.05) is 0 Å². The van der Waals surface area contributed by atoms with Crippen molar-refractivity contribution in [1.82, 2.24) is 20.2 Å². The molecular formula is C4H6N4O3. The molecule has 0 saturated carbocycles. The molecule has 0 fully saturated rings. The van der Waals surface area contributed by atoms with Crippen molar-refractivity contribution in [1.29, 1.82) is 0 Å². The van der Waals surface area contributed by atoms with Gasteiger partial charge in [-0.2, -0.15) is 5.10 Å². The zero-order valence-electron chi connectivity index (χ0n) is 5.44. The fourth-order valence-corrected chi connectivity index (χ4v) is 0.573. The van der Waals surface area contributed by atoms with Crippen LogP contribution in [0, 0.1) is 0 Å². The van der Waals surface area contributed by atoms with Gasteiger partial charge in [0, 0.05) is 0 Å². The van der Waals surface area contributed by atoms with Crippen molar-refractivity contribution in [3.05, 3.63) is 16.8 Å². The minimum Gasteiger partial charge on any atom is -0.289 e. The number of hydroxylamine groups is 1. The average Bonchev–Trinajstić information content (AvgIpc) is 2.37. The molecular weight excluding hydrogens is 152 g/mol. The van der Waals surface area contributed by atoms with Crippen LogP contribution >= 0.6 is 0 Å². The Hall–Kier alpha value is -1.63. The highest BCUT2D eigenvalue weighted by atomic mass is 16.5. The number of carbonyl (C=O) groups excluding carboxylic acids is 1. The zero-order chi connectivity index (χ0) is 8.27. The summed E-state index contributed by atoms with van der Waals surface area (Å²) in [7, 11) is 0. The average molecular weight is 158 g/mol. The van der Waals surface area contributed by atoms with E-state index >= 15 is 0 Å². The third-order valence-electron chi connectivity index (χ3n) is 1.06. The molecule has 0 bridgehead atoms. The fraction of sp³-hybridized carbons (Fsp3) is 0.250. The van der Waals surface area contributed by atoms with Crippen molar-refractivity contribution in [2.24, 2.45) is 0 Å². The van der Waals surface area contributed by atoms with E-state index in [1.54, 1.807) is 0 Å². The first-order valence-corrected chi connectivity index (χ1v) is 2.77. The van der Waals surface area contributed by atoms with Crippen LogP contribution in [0.4, 0.5) is 0 Å². The molecule has 0 radical (unpaired) electrons. The highest BCUT2D eigenvalue weighted by molar-refractivity contribution is 5.74. The summed E-state index contributed by atoms with van der Waals surface area (Å²) in [6, 6.07) is 0. The largest absolute Gasteiger partial charge is 0.343 e. The molecule has 1 heterocycles. The summed E-state index contributed by atoms with van der Waals surface area (Å²) in [6.45, 7) is -0.244. The molecule has 1 aromatic rings. The maximum atomic E-state index is 10.7. The third kappa shape index (κ3) is 1.64. The lowest BCUT2D eigenvalue weighted by Crippen LogP contribution is -2.28. The Labute approximate surface area is 60.6 Å². The van der Waals surface area contributed by atoms with Crippen molar-refractivity contribution >= 4 is 5.91 Å². The number of carbonyl (C=O) groups is 1. The molecule has 1 amide bonds. The number of aromatic nitrogens is 3. The van der Waals surface area contributed by atoms with Gasteiger partial charge >= 0.3 is 5.69 Å². The number of nitrogens with one attached hydrogen (secondary N) is 2. The third-order valence-corrected chi connectivity index (χ3v) is 1.06. The molecule has 0 aliphatic heterocycles. The minimum absolute atomic E-state index is 0.244. The van der Waals surface area contributed by atoms with E-state index in [2.05, 4.69) is 10.2 Å². The van der Waals surface area contributed by atoms with Crippen molar-refractivity contribution in [3.63, 3.8) is 0 Å². The molecule has 0 unspecified atom stereocenters. The smallest absolute Gasteiger partial charge is 0.289 e. The van der Waals surface area contributed by atoms with E-state index < -0.39 is 11.6 Å². The lowest BCUT2D eigenvalue weighted by Gasteiger charge is -1.95. The molecule has 11 heavy (non-hydrogen) atoms. The molecule has 7 heteroatoms. The van der Waals surface area contributed by atoms with E-state index in [1.165, 1.54) is 5.48 Å². The first-order chi connectivity index (χ1) is 5.24. The lowest BCUT2D eigenvalue weighted by molar-refractivity contribution is -0.129. The van der Waals surface area contributed by atoms with Crippen molar-refractivity contribution in [3.8, 4) is 0 Å². The monoisotopic (exact) mass is 158 g/mol. The molecule has 1 aromatic heterocycles. The Morgan fingerprint density at radius 1 is 1.91 bits per heavy atom. The van der Waals surface area contributed by atoms with Crippen LogP contribution in [-0.4, -0.2) is 25.9 Å². The van der Waals surface area contributed by atoms with Gasteiger partial charge in [0.1, 0.15) is 12.9 Å².